The normalized spacial score (nSPS) is 12.2. The van der Waals surface area contributed by atoms with Gasteiger partial charge in [-0.2, -0.15) is 5.10 Å². The summed E-state index contributed by atoms with van der Waals surface area (Å²) in [6.07, 6.45) is 1.44. The fourth-order valence-electron chi connectivity index (χ4n) is 1.63. The molecule has 1 atom stereocenters. The largest absolute Gasteiger partial charge is 0.344 e. The van der Waals surface area contributed by atoms with Crippen molar-refractivity contribution in [2.45, 2.75) is 13.0 Å². The Bertz CT molecular complexity index is 615. The first-order valence-corrected chi connectivity index (χ1v) is 6.23. The first kappa shape index (κ1) is 13.7. The summed E-state index contributed by atoms with van der Waals surface area (Å²) in [6, 6.07) is 2.64. The summed E-state index contributed by atoms with van der Waals surface area (Å²) in [5, 5.41) is 8.82. The van der Waals surface area contributed by atoms with Crippen molar-refractivity contribution >= 4 is 21.8 Å². The zero-order valence-electron chi connectivity index (χ0n) is 9.88. The van der Waals surface area contributed by atoms with Crippen LogP contribution in [-0.2, 0) is 0 Å². The fourth-order valence-corrected chi connectivity index (χ4v) is 2.00. The highest BCUT2D eigenvalue weighted by Gasteiger charge is 2.17. The zero-order valence-corrected chi connectivity index (χ0v) is 11.5. The van der Waals surface area contributed by atoms with E-state index in [0.717, 1.165) is 12.1 Å². The third-order valence-electron chi connectivity index (χ3n) is 2.60. The van der Waals surface area contributed by atoms with E-state index in [-0.39, 0.29) is 11.3 Å². The summed E-state index contributed by atoms with van der Waals surface area (Å²) in [6.45, 7) is 1.61. The van der Waals surface area contributed by atoms with Crippen LogP contribution in [-0.4, -0.2) is 16.1 Å². The second kappa shape index (κ2) is 5.48. The molecule has 0 aliphatic rings. The average molecular weight is 330 g/mol. The Kier molecular flexibility index (Phi) is 3.94. The van der Waals surface area contributed by atoms with Gasteiger partial charge in [-0.3, -0.25) is 9.89 Å². The molecule has 0 fully saturated rings. The van der Waals surface area contributed by atoms with Crippen molar-refractivity contribution < 1.29 is 13.6 Å². The molecule has 100 valence electrons. The van der Waals surface area contributed by atoms with Gasteiger partial charge >= 0.3 is 0 Å². The minimum Gasteiger partial charge on any atom is -0.344 e. The van der Waals surface area contributed by atoms with Crippen molar-refractivity contribution in [2.24, 2.45) is 0 Å². The van der Waals surface area contributed by atoms with Crippen molar-refractivity contribution in [2.75, 3.05) is 0 Å². The van der Waals surface area contributed by atoms with Crippen molar-refractivity contribution in [1.82, 2.24) is 15.5 Å². The summed E-state index contributed by atoms with van der Waals surface area (Å²) in [5.74, 6) is -1.78. The number of H-pyrrole nitrogens is 1. The number of hydrogen-bond donors (Lipinski definition) is 2. The van der Waals surface area contributed by atoms with Gasteiger partial charge < -0.3 is 5.32 Å². The molecule has 2 N–H and O–H groups in total. The molecule has 0 saturated heterocycles. The quantitative estimate of drug-likeness (QED) is 0.909. The van der Waals surface area contributed by atoms with Crippen LogP contribution in [0, 0.1) is 11.6 Å². The summed E-state index contributed by atoms with van der Waals surface area (Å²) in [7, 11) is 0. The van der Waals surface area contributed by atoms with E-state index in [1.54, 1.807) is 6.92 Å². The summed E-state index contributed by atoms with van der Waals surface area (Å²) >= 11 is 3.16. The van der Waals surface area contributed by atoms with E-state index in [0.29, 0.717) is 4.47 Å². The van der Waals surface area contributed by atoms with E-state index >= 15 is 0 Å². The van der Waals surface area contributed by atoms with Gasteiger partial charge in [0, 0.05) is 11.6 Å². The van der Waals surface area contributed by atoms with E-state index in [1.807, 2.05) is 0 Å². The molecule has 7 heteroatoms. The summed E-state index contributed by atoms with van der Waals surface area (Å²) in [4.78, 5) is 11.9. The number of amides is 1. The fraction of sp³-hybridized carbons (Fsp3) is 0.167. The number of aromatic amines is 1. The van der Waals surface area contributed by atoms with Gasteiger partial charge in [-0.25, -0.2) is 8.78 Å². The van der Waals surface area contributed by atoms with Gasteiger partial charge in [0.2, 0.25) is 0 Å². The van der Waals surface area contributed by atoms with Crippen molar-refractivity contribution in [3.8, 4) is 0 Å². The Labute approximate surface area is 116 Å². The molecule has 0 radical (unpaired) electrons. The number of benzene rings is 1. The van der Waals surface area contributed by atoms with Gasteiger partial charge in [-0.15, -0.1) is 0 Å². The molecule has 0 unspecified atom stereocenters. The topological polar surface area (TPSA) is 57.8 Å². The molecule has 1 aromatic heterocycles. The number of rotatable bonds is 3. The van der Waals surface area contributed by atoms with E-state index in [9.17, 15) is 13.6 Å². The Balaban J connectivity index is 2.15. The van der Waals surface area contributed by atoms with Crippen LogP contribution in [0.5, 0.6) is 0 Å². The maximum atomic E-state index is 13.6. The molecule has 4 nitrogen and oxygen atoms in total. The standard InChI is InChI=1S/C12H10BrF2N3O/c1-6(8-3-2-7(14)4-10(8)15)17-12(19)11-9(13)5-16-18-11/h2-6H,1H3,(H,16,18)(H,17,19)/t6-/m1/s1. The molecule has 0 saturated carbocycles. The lowest BCUT2D eigenvalue weighted by molar-refractivity contribution is 0.0933. The SMILES string of the molecule is C[C@@H](NC(=O)c1[nH]ncc1Br)c1ccc(F)cc1F. The molecule has 2 rings (SSSR count). The van der Waals surface area contributed by atoms with E-state index in [2.05, 4.69) is 31.4 Å². The van der Waals surface area contributed by atoms with Crippen LogP contribution in [0.3, 0.4) is 0 Å². The van der Waals surface area contributed by atoms with Gasteiger partial charge in [0.05, 0.1) is 16.7 Å². The van der Waals surface area contributed by atoms with Crippen LogP contribution in [0.2, 0.25) is 0 Å². The van der Waals surface area contributed by atoms with Gasteiger partial charge in [0.25, 0.3) is 5.91 Å². The minimum atomic E-state index is -0.698. The van der Waals surface area contributed by atoms with Crippen LogP contribution >= 0.6 is 15.9 Å². The molecule has 0 spiro atoms. The third-order valence-corrected chi connectivity index (χ3v) is 3.20. The van der Waals surface area contributed by atoms with Gasteiger partial charge in [0.15, 0.2) is 0 Å². The zero-order chi connectivity index (χ0) is 14.0. The maximum absolute atomic E-state index is 13.6. The predicted octanol–water partition coefficient (Wildman–Crippen LogP) is 2.94. The van der Waals surface area contributed by atoms with Crippen molar-refractivity contribution in [3.05, 3.63) is 51.8 Å². The highest BCUT2D eigenvalue weighted by Crippen LogP contribution is 2.19. The number of halogens is 3. The molecular formula is C12H10BrF2N3O. The Morgan fingerprint density at radius 3 is 2.79 bits per heavy atom. The van der Waals surface area contributed by atoms with Gasteiger partial charge in [0.1, 0.15) is 17.3 Å². The smallest absolute Gasteiger partial charge is 0.270 e. The maximum Gasteiger partial charge on any atom is 0.270 e. The minimum absolute atomic E-state index is 0.213. The molecule has 2 aromatic rings. The lowest BCUT2D eigenvalue weighted by Crippen LogP contribution is -2.27. The first-order valence-electron chi connectivity index (χ1n) is 5.43. The van der Waals surface area contributed by atoms with E-state index < -0.39 is 23.6 Å². The third kappa shape index (κ3) is 2.98. The molecule has 0 bridgehead atoms. The monoisotopic (exact) mass is 329 g/mol. The average Bonchev–Trinajstić information content (AvgIpc) is 2.75. The van der Waals surface area contributed by atoms with Gasteiger partial charge in [-0.05, 0) is 28.9 Å². The predicted molar refractivity (Wildman–Crippen MR) is 68.5 cm³/mol. The van der Waals surface area contributed by atoms with Gasteiger partial charge in [-0.1, -0.05) is 6.07 Å². The molecule has 1 amide bonds. The number of hydrogen-bond acceptors (Lipinski definition) is 2. The van der Waals surface area contributed by atoms with E-state index in [1.165, 1.54) is 12.3 Å². The lowest BCUT2D eigenvalue weighted by atomic mass is 10.1. The van der Waals surface area contributed by atoms with Crippen LogP contribution in [0.25, 0.3) is 0 Å². The summed E-state index contributed by atoms with van der Waals surface area (Å²) in [5.41, 5.74) is 0.458. The molecule has 0 aliphatic carbocycles. The van der Waals surface area contributed by atoms with Crippen molar-refractivity contribution in [1.29, 1.82) is 0 Å². The van der Waals surface area contributed by atoms with Crippen LogP contribution in [0.4, 0.5) is 8.78 Å². The number of nitrogens with zero attached hydrogens (tertiary/aromatic N) is 1. The number of aromatic nitrogens is 2. The lowest BCUT2D eigenvalue weighted by Gasteiger charge is -2.14. The highest BCUT2D eigenvalue weighted by molar-refractivity contribution is 9.10. The second-order valence-electron chi connectivity index (χ2n) is 3.95. The Morgan fingerprint density at radius 1 is 1.47 bits per heavy atom. The molecule has 0 aliphatic heterocycles. The second-order valence-corrected chi connectivity index (χ2v) is 4.81. The molecule has 1 heterocycles. The van der Waals surface area contributed by atoms with E-state index in [4.69, 9.17) is 0 Å². The number of nitrogens with one attached hydrogen (secondary N) is 2. The Morgan fingerprint density at radius 2 is 2.21 bits per heavy atom. The number of carbonyl (C=O) groups excluding carboxylic acids is 1. The first-order chi connectivity index (χ1) is 8.99. The Hall–Kier alpha value is -1.76. The van der Waals surface area contributed by atoms with Crippen LogP contribution in [0.15, 0.2) is 28.9 Å². The van der Waals surface area contributed by atoms with Crippen LogP contribution < -0.4 is 5.32 Å². The molecular weight excluding hydrogens is 320 g/mol. The number of carbonyl (C=O) groups is 1. The summed E-state index contributed by atoms with van der Waals surface area (Å²) < 4.78 is 26.9. The molecule has 1 aromatic carbocycles. The highest BCUT2D eigenvalue weighted by atomic mass is 79.9. The van der Waals surface area contributed by atoms with Crippen molar-refractivity contribution in [3.63, 3.8) is 0 Å². The molecule has 19 heavy (non-hydrogen) atoms. The van der Waals surface area contributed by atoms with Crippen LogP contribution in [0.1, 0.15) is 29.0 Å².